The number of benzene rings is 1. The van der Waals surface area contributed by atoms with E-state index in [0.29, 0.717) is 6.61 Å². The minimum Gasteiger partial charge on any atom is -0.365 e. The van der Waals surface area contributed by atoms with Crippen molar-refractivity contribution < 1.29 is 4.74 Å². The minimum atomic E-state index is -0.0998. The van der Waals surface area contributed by atoms with E-state index in [2.05, 4.69) is 19.7 Å². The first-order chi connectivity index (χ1) is 7.33. The Hall–Kier alpha value is -1.60. The lowest BCUT2D eigenvalue weighted by molar-refractivity contribution is 0.110. The molecule has 0 fully saturated rings. The predicted octanol–water partition coefficient (Wildman–Crippen LogP) is 3.76. The molecule has 1 aromatic carbocycles. The van der Waals surface area contributed by atoms with E-state index in [-0.39, 0.29) is 6.10 Å². The number of hydrogen-bond donors (Lipinski definition) is 0. The van der Waals surface area contributed by atoms with Crippen molar-refractivity contribution in [1.29, 1.82) is 0 Å². The fourth-order valence-corrected chi connectivity index (χ4v) is 1.41. The molecule has 0 aliphatic heterocycles. The molecule has 0 heterocycles. The fraction of sp³-hybridized carbons (Fsp3) is 0.143. The van der Waals surface area contributed by atoms with Gasteiger partial charge < -0.3 is 4.74 Å². The molecule has 0 bridgehead atoms. The predicted molar refractivity (Wildman–Crippen MR) is 65.6 cm³/mol. The third-order valence-corrected chi connectivity index (χ3v) is 2.13. The molecule has 1 atom stereocenters. The molecule has 0 radical (unpaired) electrons. The molecular weight excluding hydrogens is 184 g/mol. The van der Waals surface area contributed by atoms with Gasteiger partial charge in [0, 0.05) is 0 Å². The van der Waals surface area contributed by atoms with Crippen molar-refractivity contribution in [3.05, 3.63) is 67.3 Å². The second-order valence-corrected chi connectivity index (χ2v) is 3.11. The summed E-state index contributed by atoms with van der Waals surface area (Å²) in [6.45, 7) is 11.7. The molecule has 0 amide bonds. The summed E-state index contributed by atoms with van der Waals surface area (Å²) in [5.41, 5.74) is 2.16. The molecule has 0 saturated heterocycles. The van der Waals surface area contributed by atoms with Gasteiger partial charge in [0.15, 0.2) is 0 Å². The van der Waals surface area contributed by atoms with Crippen molar-refractivity contribution in [1.82, 2.24) is 0 Å². The zero-order valence-corrected chi connectivity index (χ0v) is 8.86. The van der Waals surface area contributed by atoms with E-state index in [1.165, 1.54) is 0 Å². The fourth-order valence-electron chi connectivity index (χ4n) is 1.41. The Labute approximate surface area is 91.4 Å². The third kappa shape index (κ3) is 2.93. The van der Waals surface area contributed by atoms with Crippen LogP contribution < -0.4 is 0 Å². The van der Waals surface area contributed by atoms with Gasteiger partial charge in [-0.05, 0) is 11.1 Å². The van der Waals surface area contributed by atoms with Gasteiger partial charge in [0.05, 0.1) is 6.61 Å². The Balaban J connectivity index is 2.94. The van der Waals surface area contributed by atoms with E-state index in [1.807, 2.05) is 30.3 Å². The van der Waals surface area contributed by atoms with Crippen LogP contribution in [0.25, 0.3) is 6.08 Å². The van der Waals surface area contributed by atoms with Crippen LogP contribution in [0.5, 0.6) is 0 Å². The van der Waals surface area contributed by atoms with Gasteiger partial charge in [0.25, 0.3) is 0 Å². The highest BCUT2D eigenvalue weighted by Crippen LogP contribution is 2.23. The summed E-state index contributed by atoms with van der Waals surface area (Å²) in [4.78, 5) is 0. The van der Waals surface area contributed by atoms with Crippen LogP contribution in [0.4, 0.5) is 0 Å². The monoisotopic (exact) mass is 200 g/mol. The summed E-state index contributed by atoms with van der Waals surface area (Å²) in [5, 5.41) is 0. The molecule has 1 rings (SSSR count). The highest BCUT2D eigenvalue weighted by atomic mass is 16.5. The minimum absolute atomic E-state index is 0.0998. The molecule has 1 nitrogen and oxygen atoms in total. The quantitative estimate of drug-likeness (QED) is 0.635. The smallest absolute Gasteiger partial charge is 0.101 e. The maximum Gasteiger partial charge on any atom is 0.101 e. The first kappa shape index (κ1) is 11.5. The average molecular weight is 200 g/mol. The molecule has 1 unspecified atom stereocenters. The van der Waals surface area contributed by atoms with E-state index < -0.39 is 0 Å². The van der Waals surface area contributed by atoms with E-state index >= 15 is 0 Å². The lowest BCUT2D eigenvalue weighted by Gasteiger charge is -2.15. The molecule has 0 aliphatic carbocycles. The van der Waals surface area contributed by atoms with Crippen LogP contribution in [0.15, 0.2) is 56.2 Å². The largest absolute Gasteiger partial charge is 0.365 e. The average Bonchev–Trinajstić information content (AvgIpc) is 2.30. The summed E-state index contributed by atoms with van der Waals surface area (Å²) in [5.74, 6) is 0. The summed E-state index contributed by atoms with van der Waals surface area (Å²) in [7, 11) is 0. The van der Waals surface area contributed by atoms with Gasteiger partial charge in [-0.15, -0.1) is 13.2 Å². The molecule has 0 aromatic heterocycles. The molecule has 1 heteroatoms. The lowest BCUT2D eigenvalue weighted by Crippen LogP contribution is -2.03. The molecule has 0 spiro atoms. The standard InChI is InChI=1S/C14H16O/c1-4-11-15-14(6-3)13-10-8-7-9-12(13)5-2/h4-10,14H,1-3,11H2. The summed E-state index contributed by atoms with van der Waals surface area (Å²) < 4.78 is 5.59. The zero-order valence-electron chi connectivity index (χ0n) is 8.86. The topological polar surface area (TPSA) is 9.23 Å². The van der Waals surface area contributed by atoms with Gasteiger partial charge >= 0.3 is 0 Å². The maximum atomic E-state index is 5.59. The van der Waals surface area contributed by atoms with E-state index in [1.54, 1.807) is 12.2 Å². The first-order valence-corrected chi connectivity index (χ1v) is 4.90. The summed E-state index contributed by atoms with van der Waals surface area (Å²) in [6.07, 6.45) is 5.24. The van der Waals surface area contributed by atoms with Gasteiger partial charge in [-0.3, -0.25) is 0 Å². The van der Waals surface area contributed by atoms with Crippen LogP contribution >= 0.6 is 0 Å². The van der Waals surface area contributed by atoms with Gasteiger partial charge in [-0.25, -0.2) is 0 Å². The van der Waals surface area contributed by atoms with Crippen molar-refractivity contribution in [2.75, 3.05) is 6.61 Å². The Morgan fingerprint density at radius 2 is 1.93 bits per heavy atom. The van der Waals surface area contributed by atoms with Crippen molar-refractivity contribution in [2.45, 2.75) is 6.10 Å². The van der Waals surface area contributed by atoms with Crippen molar-refractivity contribution in [3.63, 3.8) is 0 Å². The number of hydrogen-bond acceptors (Lipinski definition) is 1. The van der Waals surface area contributed by atoms with Crippen LogP contribution in [0.2, 0.25) is 0 Å². The molecule has 78 valence electrons. The maximum absolute atomic E-state index is 5.59. The second-order valence-electron chi connectivity index (χ2n) is 3.11. The van der Waals surface area contributed by atoms with Crippen LogP contribution in [0.3, 0.4) is 0 Å². The zero-order chi connectivity index (χ0) is 11.1. The highest BCUT2D eigenvalue weighted by Gasteiger charge is 2.09. The van der Waals surface area contributed by atoms with Gasteiger partial charge in [-0.1, -0.05) is 49.1 Å². The summed E-state index contributed by atoms with van der Waals surface area (Å²) >= 11 is 0. The molecule has 15 heavy (non-hydrogen) atoms. The Kier molecular flexibility index (Phi) is 4.58. The molecule has 0 saturated carbocycles. The van der Waals surface area contributed by atoms with Gasteiger partial charge in [-0.2, -0.15) is 0 Å². The van der Waals surface area contributed by atoms with Gasteiger partial charge in [0.2, 0.25) is 0 Å². The van der Waals surface area contributed by atoms with Crippen molar-refractivity contribution in [2.24, 2.45) is 0 Å². The second kappa shape index (κ2) is 5.99. The third-order valence-electron chi connectivity index (χ3n) is 2.13. The molecule has 1 aromatic rings. The van der Waals surface area contributed by atoms with Crippen LogP contribution in [0.1, 0.15) is 17.2 Å². The molecule has 0 aliphatic rings. The highest BCUT2D eigenvalue weighted by molar-refractivity contribution is 5.53. The van der Waals surface area contributed by atoms with E-state index in [0.717, 1.165) is 11.1 Å². The van der Waals surface area contributed by atoms with Crippen molar-refractivity contribution in [3.8, 4) is 0 Å². The number of rotatable bonds is 6. The Bertz CT molecular complexity index is 352. The van der Waals surface area contributed by atoms with Crippen LogP contribution in [-0.2, 0) is 4.74 Å². The summed E-state index contributed by atoms with van der Waals surface area (Å²) in [6, 6.07) is 7.99. The Morgan fingerprint density at radius 3 is 2.53 bits per heavy atom. The molecular formula is C14H16O. The number of ether oxygens (including phenoxy) is 1. The first-order valence-electron chi connectivity index (χ1n) is 4.90. The molecule has 0 N–H and O–H groups in total. The van der Waals surface area contributed by atoms with Gasteiger partial charge in [0.1, 0.15) is 6.10 Å². The SMILES string of the molecule is C=CCOC(C=C)c1ccccc1C=C. The van der Waals surface area contributed by atoms with Crippen LogP contribution in [-0.4, -0.2) is 6.61 Å². The van der Waals surface area contributed by atoms with Crippen LogP contribution in [0, 0.1) is 0 Å². The lowest BCUT2D eigenvalue weighted by atomic mass is 10.0. The normalized spacial score (nSPS) is 11.7. The van der Waals surface area contributed by atoms with Crippen molar-refractivity contribution >= 4 is 6.08 Å². The van der Waals surface area contributed by atoms with E-state index in [4.69, 9.17) is 4.74 Å². The Morgan fingerprint density at radius 1 is 1.20 bits per heavy atom. The van der Waals surface area contributed by atoms with E-state index in [9.17, 15) is 0 Å².